The van der Waals surface area contributed by atoms with Crippen LogP contribution in [0.4, 0.5) is 5.69 Å². The predicted octanol–water partition coefficient (Wildman–Crippen LogP) is 1.15. The van der Waals surface area contributed by atoms with E-state index < -0.39 is 10.8 Å². The molecule has 0 unspecified atom stereocenters. The van der Waals surface area contributed by atoms with Gasteiger partial charge in [0.2, 0.25) is 0 Å². The van der Waals surface area contributed by atoms with Crippen molar-refractivity contribution >= 4 is 17.7 Å². The molecule has 0 radical (unpaired) electrons. The van der Waals surface area contributed by atoms with Gasteiger partial charge < -0.3 is 15.3 Å². The van der Waals surface area contributed by atoms with Gasteiger partial charge in [0.1, 0.15) is 0 Å². The zero-order valence-corrected chi connectivity index (χ0v) is 7.57. The molecule has 7 nitrogen and oxygen atoms in total. The van der Waals surface area contributed by atoms with Crippen LogP contribution < -0.4 is 5.43 Å². The van der Waals surface area contributed by atoms with Crippen LogP contribution in [0, 0.1) is 10.1 Å². The quantitative estimate of drug-likeness (QED) is 0.256. The highest BCUT2D eigenvalue weighted by molar-refractivity contribution is 6.25. The fraction of sp³-hybridized carbons (Fsp3) is 0. The molecule has 7 heteroatoms. The Labute approximate surface area is 84.9 Å². The first-order valence-electron chi connectivity index (χ1n) is 3.94. The Bertz CT molecular complexity index is 388. The van der Waals surface area contributed by atoms with Gasteiger partial charge in [-0.1, -0.05) is 23.4 Å². The molecule has 1 aromatic rings. The normalized spacial score (nSPS) is 11.6. The average Bonchev–Trinajstić information content (AvgIpc) is 2.25. The van der Waals surface area contributed by atoms with Gasteiger partial charge in [0.15, 0.2) is 6.21 Å². The number of hydrogen-bond donors (Lipinski definition) is 2. The third-order valence-corrected chi connectivity index (χ3v) is 1.43. The van der Waals surface area contributed by atoms with E-state index in [1.807, 2.05) is 0 Å². The summed E-state index contributed by atoms with van der Waals surface area (Å²) >= 11 is 0. The van der Waals surface area contributed by atoms with E-state index in [4.69, 9.17) is 5.21 Å². The molecule has 0 bridgehead atoms. The van der Waals surface area contributed by atoms with Crippen LogP contribution in [0.1, 0.15) is 0 Å². The lowest BCUT2D eigenvalue weighted by molar-refractivity contribution is -0.345. The van der Waals surface area contributed by atoms with Crippen molar-refractivity contribution in [2.24, 2.45) is 10.3 Å². The fourth-order valence-corrected chi connectivity index (χ4v) is 0.803. The molecule has 15 heavy (non-hydrogen) atoms. The molecule has 0 aliphatic heterocycles. The van der Waals surface area contributed by atoms with Gasteiger partial charge in [-0.05, 0) is 17.1 Å². The van der Waals surface area contributed by atoms with Crippen LogP contribution in [-0.2, 0) is 0 Å². The minimum Gasteiger partial charge on any atom is -0.411 e. The van der Waals surface area contributed by atoms with Crippen molar-refractivity contribution in [1.82, 2.24) is 0 Å². The second-order valence-electron chi connectivity index (χ2n) is 2.45. The van der Waals surface area contributed by atoms with Crippen LogP contribution >= 0.6 is 0 Å². The van der Waals surface area contributed by atoms with Crippen molar-refractivity contribution in [2.75, 3.05) is 5.43 Å². The summed E-state index contributed by atoms with van der Waals surface area (Å²) in [7, 11) is 0. The van der Waals surface area contributed by atoms with Gasteiger partial charge in [-0.25, -0.2) is 0 Å². The van der Waals surface area contributed by atoms with E-state index in [0.717, 1.165) is 0 Å². The lowest BCUT2D eigenvalue weighted by atomic mass is 10.3. The molecular weight excluding hydrogens is 200 g/mol. The summed E-state index contributed by atoms with van der Waals surface area (Å²) in [5, 5.41) is 24.5. The van der Waals surface area contributed by atoms with E-state index >= 15 is 0 Å². The average molecular weight is 208 g/mol. The second-order valence-corrected chi connectivity index (χ2v) is 2.45. The molecule has 2 N–H and O–H groups in total. The Morgan fingerprint density at radius 1 is 1.47 bits per heavy atom. The van der Waals surface area contributed by atoms with E-state index in [1.54, 1.807) is 30.3 Å². The number of para-hydroxylation sites is 1. The summed E-state index contributed by atoms with van der Waals surface area (Å²) in [6.07, 6.45) is 0.635. The van der Waals surface area contributed by atoms with Crippen LogP contribution in [0.5, 0.6) is 0 Å². The maximum Gasteiger partial charge on any atom is 0.409 e. The summed E-state index contributed by atoms with van der Waals surface area (Å²) in [4.78, 5) is 9.57. The number of hydrogen-bond acceptors (Lipinski definition) is 6. The van der Waals surface area contributed by atoms with Crippen molar-refractivity contribution < 1.29 is 10.1 Å². The second kappa shape index (κ2) is 5.32. The Morgan fingerprint density at radius 3 is 2.67 bits per heavy atom. The van der Waals surface area contributed by atoms with Crippen LogP contribution in [0.2, 0.25) is 0 Å². The maximum atomic E-state index is 10.3. The molecule has 1 rings (SSSR count). The Hall–Kier alpha value is -2.44. The van der Waals surface area contributed by atoms with Crippen molar-refractivity contribution in [1.29, 1.82) is 0 Å². The lowest BCUT2D eigenvalue weighted by Crippen LogP contribution is -2.15. The number of anilines is 1. The highest BCUT2D eigenvalue weighted by atomic mass is 16.6. The monoisotopic (exact) mass is 208 g/mol. The largest absolute Gasteiger partial charge is 0.411 e. The molecule has 1 aromatic carbocycles. The maximum absolute atomic E-state index is 10.3. The minimum absolute atomic E-state index is 0.582. The minimum atomic E-state index is -0.768. The van der Waals surface area contributed by atoms with Crippen molar-refractivity contribution in [3.05, 3.63) is 40.4 Å². The third-order valence-electron chi connectivity index (χ3n) is 1.43. The highest BCUT2D eigenvalue weighted by Gasteiger charge is 2.08. The van der Waals surface area contributed by atoms with Crippen LogP contribution in [0.15, 0.2) is 40.6 Å². The molecule has 0 saturated carbocycles. The first-order valence-corrected chi connectivity index (χ1v) is 3.94. The van der Waals surface area contributed by atoms with E-state index in [9.17, 15) is 10.1 Å². The van der Waals surface area contributed by atoms with Gasteiger partial charge in [0.05, 0.1) is 10.8 Å². The lowest BCUT2D eigenvalue weighted by Gasteiger charge is -1.94. The van der Waals surface area contributed by atoms with Gasteiger partial charge in [0, 0.05) is 0 Å². The van der Waals surface area contributed by atoms with Crippen LogP contribution in [0.25, 0.3) is 0 Å². The molecular formula is C8H8N4O3. The number of nitro groups is 1. The molecule has 0 aromatic heterocycles. The molecule has 78 valence electrons. The van der Waals surface area contributed by atoms with E-state index in [1.165, 1.54) is 0 Å². The standard InChI is InChI=1S/C8H8N4O3/c13-9-6-8(12(14)15)11-10-7-4-2-1-3-5-7/h1-6,10,13H/b9-6+,11-8+. The Balaban J connectivity index is 2.74. The predicted molar refractivity (Wildman–Crippen MR) is 54.8 cm³/mol. The van der Waals surface area contributed by atoms with Crippen molar-refractivity contribution in [2.45, 2.75) is 0 Å². The fourth-order valence-electron chi connectivity index (χ4n) is 0.803. The van der Waals surface area contributed by atoms with E-state index in [0.29, 0.717) is 11.9 Å². The Morgan fingerprint density at radius 2 is 2.13 bits per heavy atom. The molecule has 0 heterocycles. The van der Waals surface area contributed by atoms with E-state index in [-0.39, 0.29) is 0 Å². The van der Waals surface area contributed by atoms with Gasteiger partial charge in [-0.15, -0.1) is 0 Å². The molecule has 0 aliphatic carbocycles. The van der Waals surface area contributed by atoms with Crippen molar-refractivity contribution in [3.63, 3.8) is 0 Å². The zero-order chi connectivity index (χ0) is 11.1. The van der Waals surface area contributed by atoms with Gasteiger partial charge >= 0.3 is 5.84 Å². The molecule has 0 fully saturated rings. The molecule has 0 aliphatic rings. The molecule has 0 atom stereocenters. The SMILES string of the molecule is O=[N+]([O-])C(/C=N/O)=N/Nc1ccccc1. The topological polar surface area (TPSA) is 100 Å². The number of hydrazone groups is 1. The zero-order valence-electron chi connectivity index (χ0n) is 7.57. The van der Waals surface area contributed by atoms with E-state index in [2.05, 4.69) is 15.7 Å². The first kappa shape index (κ1) is 10.6. The van der Waals surface area contributed by atoms with Gasteiger partial charge in [0.25, 0.3) is 0 Å². The summed E-state index contributed by atoms with van der Waals surface area (Å²) in [5.41, 5.74) is 3.05. The number of oxime groups is 1. The molecule has 0 amide bonds. The molecule has 0 saturated heterocycles. The Kier molecular flexibility index (Phi) is 3.78. The number of nitrogens with zero attached hydrogens (tertiary/aromatic N) is 3. The highest BCUT2D eigenvalue weighted by Crippen LogP contribution is 2.04. The third kappa shape index (κ3) is 3.43. The van der Waals surface area contributed by atoms with Gasteiger partial charge in [-0.2, -0.15) is 5.43 Å². The summed E-state index contributed by atoms with van der Waals surface area (Å²) in [6.45, 7) is 0. The van der Waals surface area contributed by atoms with Crippen LogP contribution in [-0.4, -0.2) is 22.2 Å². The molecule has 0 spiro atoms. The summed E-state index contributed by atoms with van der Waals surface area (Å²) in [6, 6.07) is 8.69. The summed E-state index contributed by atoms with van der Waals surface area (Å²) in [5.74, 6) is -0.582. The number of nitrogens with one attached hydrogen (secondary N) is 1. The smallest absolute Gasteiger partial charge is 0.409 e. The number of amidine groups is 1. The number of benzene rings is 1. The van der Waals surface area contributed by atoms with Crippen molar-refractivity contribution in [3.8, 4) is 0 Å². The summed E-state index contributed by atoms with van der Waals surface area (Å²) < 4.78 is 0. The van der Waals surface area contributed by atoms with Crippen LogP contribution in [0.3, 0.4) is 0 Å². The van der Waals surface area contributed by atoms with Gasteiger partial charge in [-0.3, -0.25) is 0 Å². The number of rotatable bonds is 3. The first-order chi connectivity index (χ1) is 7.24.